The molecule has 0 atom stereocenters. The molecular weight excluding hydrogens is 280 g/mol. The summed E-state index contributed by atoms with van der Waals surface area (Å²) in [5.74, 6) is 0.698. The molecule has 20 heavy (non-hydrogen) atoms. The standard InChI is InChI=1S/C12H14N4O3S/c1-19-11-5-4-10(7-9(11)8-13)20(17,18)16-12-3-2-6-14-15-12/h2-7H,8,13H2,1H3,(H,15,16). The lowest BCUT2D eigenvalue weighted by atomic mass is 10.2. The molecule has 1 aromatic heterocycles. The Hall–Kier alpha value is -2.19. The van der Waals surface area contributed by atoms with E-state index < -0.39 is 10.0 Å². The minimum atomic E-state index is -3.73. The summed E-state index contributed by atoms with van der Waals surface area (Å²) in [6.45, 7) is 0.178. The number of nitrogens with one attached hydrogen (secondary N) is 1. The van der Waals surface area contributed by atoms with Gasteiger partial charge in [-0.15, -0.1) is 5.10 Å². The molecule has 0 unspecified atom stereocenters. The zero-order valence-corrected chi connectivity index (χ0v) is 11.6. The molecule has 1 aromatic carbocycles. The van der Waals surface area contributed by atoms with Gasteiger partial charge in [0.25, 0.3) is 10.0 Å². The predicted octanol–water partition coefficient (Wildman–Crippen LogP) is 0.745. The highest BCUT2D eigenvalue weighted by Gasteiger charge is 2.16. The molecule has 106 valence electrons. The highest BCUT2D eigenvalue weighted by Crippen LogP contribution is 2.23. The Kier molecular flexibility index (Phi) is 4.16. The van der Waals surface area contributed by atoms with E-state index >= 15 is 0 Å². The van der Waals surface area contributed by atoms with Gasteiger partial charge in [0.2, 0.25) is 0 Å². The summed E-state index contributed by atoms with van der Waals surface area (Å²) in [5, 5.41) is 7.28. The lowest BCUT2D eigenvalue weighted by Crippen LogP contribution is -2.15. The van der Waals surface area contributed by atoms with Crippen molar-refractivity contribution in [1.29, 1.82) is 0 Å². The SMILES string of the molecule is COc1ccc(S(=O)(=O)Nc2cccnn2)cc1CN. The molecule has 3 N–H and O–H groups in total. The van der Waals surface area contributed by atoms with Gasteiger partial charge in [-0.25, -0.2) is 8.42 Å². The van der Waals surface area contributed by atoms with E-state index in [2.05, 4.69) is 14.9 Å². The van der Waals surface area contributed by atoms with Crippen molar-refractivity contribution >= 4 is 15.8 Å². The van der Waals surface area contributed by atoms with Gasteiger partial charge in [0, 0.05) is 18.3 Å². The molecule has 7 nitrogen and oxygen atoms in total. The van der Waals surface area contributed by atoms with Crippen molar-refractivity contribution < 1.29 is 13.2 Å². The lowest BCUT2D eigenvalue weighted by molar-refractivity contribution is 0.409. The largest absolute Gasteiger partial charge is 0.496 e. The monoisotopic (exact) mass is 294 g/mol. The van der Waals surface area contributed by atoms with Crippen LogP contribution in [0.4, 0.5) is 5.82 Å². The maximum Gasteiger partial charge on any atom is 0.263 e. The van der Waals surface area contributed by atoms with Crippen molar-refractivity contribution in [2.45, 2.75) is 11.4 Å². The molecule has 8 heteroatoms. The van der Waals surface area contributed by atoms with Gasteiger partial charge >= 0.3 is 0 Å². The van der Waals surface area contributed by atoms with Crippen molar-refractivity contribution in [2.24, 2.45) is 5.73 Å². The smallest absolute Gasteiger partial charge is 0.263 e. The first-order valence-corrected chi connectivity index (χ1v) is 7.22. The Morgan fingerprint density at radius 3 is 2.75 bits per heavy atom. The van der Waals surface area contributed by atoms with Gasteiger partial charge in [-0.05, 0) is 30.3 Å². The van der Waals surface area contributed by atoms with E-state index in [1.165, 1.54) is 31.5 Å². The molecule has 0 radical (unpaired) electrons. The number of rotatable bonds is 5. The second-order valence-electron chi connectivity index (χ2n) is 3.89. The van der Waals surface area contributed by atoms with E-state index in [0.717, 1.165) is 0 Å². The van der Waals surface area contributed by atoms with Crippen LogP contribution in [0.5, 0.6) is 5.75 Å². The van der Waals surface area contributed by atoms with Gasteiger partial charge in [-0.3, -0.25) is 4.72 Å². The quantitative estimate of drug-likeness (QED) is 0.842. The summed E-state index contributed by atoms with van der Waals surface area (Å²) >= 11 is 0. The summed E-state index contributed by atoms with van der Waals surface area (Å²) in [6.07, 6.45) is 1.46. The van der Waals surface area contributed by atoms with E-state index in [1.807, 2.05) is 0 Å². The first-order valence-electron chi connectivity index (χ1n) is 5.74. The van der Waals surface area contributed by atoms with Crippen molar-refractivity contribution in [3.8, 4) is 5.75 Å². The molecular formula is C12H14N4O3S. The van der Waals surface area contributed by atoms with Crippen molar-refractivity contribution in [3.05, 3.63) is 42.1 Å². The van der Waals surface area contributed by atoms with Gasteiger partial charge < -0.3 is 10.5 Å². The number of nitrogens with zero attached hydrogens (tertiary/aromatic N) is 2. The number of benzene rings is 1. The normalized spacial score (nSPS) is 11.1. The van der Waals surface area contributed by atoms with Gasteiger partial charge in [-0.2, -0.15) is 5.10 Å². The third-order valence-corrected chi connectivity index (χ3v) is 3.95. The minimum absolute atomic E-state index is 0.0874. The molecule has 1 heterocycles. The van der Waals surface area contributed by atoms with Gasteiger partial charge in [0.1, 0.15) is 5.75 Å². The Labute approximate surface area is 116 Å². The molecule has 0 spiro atoms. The van der Waals surface area contributed by atoms with Crippen LogP contribution in [0.2, 0.25) is 0 Å². The lowest BCUT2D eigenvalue weighted by Gasteiger charge is -2.10. The third-order valence-electron chi connectivity index (χ3n) is 2.59. The second kappa shape index (κ2) is 5.85. The highest BCUT2D eigenvalue weighted by atomic mass is 32.2. The fraction of sp³-hybridized carbons (Fsp3) is 0.167. The predicted molar refractivity (Wildman–Crippen MR) is 73.7 cm³/mol. The van der Waals surface area contributed by atoms with Crippen LogP contribution in [0, 0.1) is 0 Å². The number of aromatic nitrogens is 2. The van der Waals surface area contributed by atoms with E-state index in [9.17, 15) is 8.42 Å². The number of hydrogen-bond acceptors (Lipinski definition) is 6. The van der Waals surface area contributed by atoms with Crippen LogP contribution < -0.4 is 15.2 Å². The Bertz CT molecular complexity index is 689. The average Bonchev–Trinajstić information content (AvgIpc) is 2.47. The number of anilines is 1. The van der Waals surface area contributed by atoms with Crippen LogP contribution >= 0.6 is 0 Å². The van der Waals surface area contributed by atoms with E-state index in [-0.39, 0.29) is 17.3 Å². The van der Waals surface area contributed by atoms with Crippen LogP contribution in [-0.4, -0.2) is 25.7 Å². The van der Waals surface area contributed by atoms with Crippen molar-refractivity contribution in [2.75, 3.05) is 11.8 Å². The number of hydrogen-bond donors (Lipinski definition) is 2. The van der Waals surface area contributed by atoms with Gasteiger partial charge in [0.05, 0.1) is 12.0 Å². The van der Waals surface area contributed by atoms with Gasteiger partial charge in [0.15, 0.2) is 5.82 Å². The highest BCUT2D eigenvalue weighted by molar-refractivity contribution is 7.92. The van der Waals surface area contributed by atoms with E-state index in [1.54, 1.807) is 12.1 Å². The zero-order valence-electron chi connectivity index (χ0n) is 10.8. The second-order valence-corrected chi connectivity index (χ2v) is 5.57. The Balaban J connectivity index is 2.35. The molecule has 0 fully saturated rings. The molecule has 2 aromatic rings. The summed E-state index contributed by atoms with van der Waals surface area (Å²) in [5.41, 5.74) is 6.18. The van der Waals surface area contributed by atoms with E-state index in [4.69, 9.17) is 10.5 Å². The molecule has 0 aliphatic rings. The molecule has 2 rings (SSSR count). The first-order chi connectivity index (χ1) is 9.56. The number of methoxy groups -OCH3 is 1. The minimum Gasteiger partial charge on any atom is -0.496 e. The Morgan fingerprint density at radius 2 is 2.15 bits per heavy atom. The fourth-order valence-electron chi connectivity index (χ4n) is 1.63. The molecule has 0 saturated heterocycles. The number of sulfonamides is 1. The molecule has 0 aliphatic heterocycles. The zero-order chi connectivity index (χ0) is 14.6. The summed E-state index contributed by atoms with van der Waals surface area (Å²) in [6, 6.07) is 7.57. The Morgan fingerprint density at radius 1 is 1.35 bits per heavy atom. The average molecular weight is 294 g/mol. The van der Waals surface area contributed by atoms with Crippen LogP contribution in [0.3, 0.4) is 0 Å². The maximum atomic E-state index is 12.2. The summed E-state index contributed by atoms with van der Waals surface area (Å²) in [4.78, 5) is 0.0874. The molecule has 0 amide bonds. The van der Waals surface area contributed by atoms with Crippen LogP contribution in [0.1, 0.15) is 5.56 Å². The van der Waals surface area contributed by atoms with Crippen molar-refractivity contribution in [1.82, 2.24) is 10.2 Å². The van der Waals surface area contributed by atoms with Gasteiger partial charge in [-0.1, -0.05) is 0 Å². The number of ether oxygens (including phenoxy) is 1. The topological polar surface area (TPSA) is 107 Å². The molecule has 0 saturated carbocycles. The molecule has 0 aliphatic carbocycles. The fourth-order valence-corrected chi connectivity index (χ4v) is 2.68. The van der Waals surface area contributed by atoms with Crippen LogP contribution in [0.25, 0.3) is 0 Å². The summed E-state index contributed by atoms with van der Waals surface area (Å²) in [7, 11) is -2.23. The van der Waals surface area contributed by atoms with Crippen molar-refractivity contribution in [3.63, 3.8) is 0 Å². The van der Waals surface area contributed by atoms with Crippen LogP contribution in [-0.2, 0) is 16.6 Å². The van der Waals surface area contributed by atoms with E-state index in [0.29, 0.717) is 11.3 Å². The van der Waals surface area contributed by atoms with Crippen LogP contribution in [0.15, 0.2) is 41.4 Å². The number of nitrogens with two attached hydrogens (primary N) is 1. The first kappa shape index (κ1) is 14.2. The molecule has 0 bridgehead atoms. The summed E-state index contributed by atoms with van der Waals surface area (Å²) < 4.78 is 31.9. The third kappa shape index (κ3) is 3.03. The maximum absolute atomic E-state index is 12.2.